The van der Waals surface area contributed by atoms with Gasteiger partial charge in [0.25, 0.3) is 10.0 Å². The summed E-state index contributed by atoms with van der Waals surface area (Å²) in [4.78, 5) is 11.9. The summed E-state index contributed by atoms with van der Waals surface area (Å²) in [7, 11) is -4.12. The average Bonchev–Trinajstić information content (AvgIpc) is 2.57. The van der Waals surface area contributed by atoms with Crippen molar-refractivity contribution in [1.29, 1.82) is 0 Å². The van der Waals surface area contributed by atoms with Gasteiger partial charge >= 0.3 is 0 Å². The van der Waals surface area contributed by atoms with Crippen LogP contribution in [0.15, 0.2) is 47.4 Å². The summed E-state index contributed by atoms with van der Waals surface area (Å²) in [6, 6.07) is 10.3. The van der Waals surface area contributed by atoms with Crippen LogP contribution in [0.4, 0.5) is 5.69 Å². The normalized spacial score (nSPS) is 13.6. The van der Waals surface area contributed by atoms with Gasteiger partial charge in [-0.05, 0) is 55.8 Å². The molecule has 0 aliphatic heterocycles. The minimum Gasteiger partial charge on any atom is -0.333 e. The molecule has 2 rings (SSSR count). The van der Waals surface area contributed by atoms with Gasteiger partial charge in [0.05, 0.1) is 15.6 Å². The van der Waals surface area contributed by atoms with Crippen molar-refractivity contribution in [2.75, 3.05) is 4.31 Å². The zero-order valence-corrected chi connectivity index (χ0v) is 18.8. The Kier molecular flexibility index (Phi) is 7.26. The minimum absolute atomic E-state index is 0.0145. The predicted molar refractivity (Wildman–Crippen MR) is 115 cm³/mol. The first-order valence-electron chi connectivity index (χ1n) is 8.56. The number of carbonyl (C=O) groups is 1. The van der Waals surface area contributed by atoms with Crippen molar-refractivity contribution in [3.8, 4) is 0 Å². The van der Waals surface area contributed by atoms with Crippen LogP contribution in [0.5, 0.6) is 0 Å². The van der Waals surface area contributed by atoms with Crippen LogP contribution in [0.2, 0.25) is 15.1 Å². The number of amides is 1. The van der Waals surface area contributed by atoms with Gasteiger partial charge in [0.2, 0.25) is 5.91 Å². The fourth-order valence-corrected chi connectivity index (χ4v) is 5.41. The highest BCUT2D eigenvalue weighted by Crippen LogP contribution is 2.38. The van der Waals surface area contributed by atoms with Crippen LogP contribution in [0.25, 0.3) is 0 Å². The molecule has 9 heteroatoms. The summed E-state index contributed by atoms with van der Waals surface area (Å²) < 4.78 is 28.4. The van der Waals surface area contributed by atoms with Gasteiger partial charge in [0.15, 0.2) is 0 Å². The first kappa shape index (κ1) is 22.8. The van der Waals surface area contributed by atoms with Gasteiger partial charge in [0.1, 0.15) is 5.66 Å². The molecule has 0 radical (unpaired) electrons. The molecule has 1 amide bonds. The maximum Gasteiger partial charge on any atom is 0.266 e. The number of nitrogens with one attached hydrogen (secondary N) is 1. The molecule has 152 valence electrons. The molecule has 28 heavy (non-hydrogen) atoms. The zero-order valence-electron chi connectivity index (χ0n) is 15.7. The van der Waals surface area contributed by atoms with Crippen molar-refractivity contribution in [2.24, 2.45) is 0 Å². The lowest BCUT2D eigenvalue weighted by Crippen LogP contribution is -2.60. The first-order chi connectivity index (χ1) is 13.0. The second-order valence-corrected chi connectivity index (χ2v) is 9.59. The van der Waals surface area contributed by atoms with E-state index in [2.05, 4.69) is 5.32 Å². The lowest BCUT2D eigenvalue weighted by molar-refractivity contribution is -0.120. The predicted octanol–water partition coefficient (Wildman–Crippen LogP) is 5.49. The summed E-state index contributed by atoms with van der Waals surface area (Å²) >= 11 is 18.4. The van der Waals surface area contributed by atoms with Gasteiger partial charge < -0.3 is 5.32 Å². The van der Waals surface area contributed by atoms with E-state index < -0.39 is 15.7 Å². The maximum atomic E-state index is 13.6. The van der Waals surface area contributed by atoms with Crippen LogP contribution in [-0.4, -0.2) is 20.0 Å². The van der Waals surface area contributed by atoms with E-state index in [0.29, 0.717) is 22.9 Å². The number of hydrogen-bond donors (Lipinski definition) is 1. The Bertz CT molecular complexity index is 965. The highest BCUT2D eigenvalue weighted by molar-refractivity contribution is 7.93. The smallest absolute Gasteiger partial charge is 0.266 e. The lowest BCUT2D eigenvalue weighted by atomic mass is 10.1. The fourth-order valence-electron chi connectivity index (χ4n) is 3.09. The van der Waals surface area contributed by atoms with Crippen molar-refractivity contribution in [3.63, 3.8) is 0 Å². The number of carbonyl (C=O) groups excluding carboxylic acids is 1. The number of hydrogen-bond acceptors (Lipinski definition) is 3. The molecular weight excluding hydrogens is 443 g/mol. The van der Waals surface area contributed by atoms with Crippen molar-refractivity contribution in [3.05, 3.63) is 57.5 Å². The van der Waals surface area contributed by atoms with E-state index >= 15 is 0 Å². The molecule has 2 aromatic rings. The number of nitrogens with zero attached hydrogens (tertiary/aromatic N) is 1. The Morgan fingerprint density at radius 3 is 2.18 bits per heavy atom. The third-order valence-corrected chi connectivity index (χ3v) is 6.86. The monoisotopic (exact) mass is 462 g/mol. The largest absolute Gasteiger partial charge is 0.333 e. The molecule has 0 aromatic heterocycles. The van der Waals surface area contributed by atoms with E-state index in [1.807, 2.05) is 6.92 Å². The molecular formula is C19H21Cl3N2O3S. The fraction of sp³-hybridized carbons (Fsp3) is 0.316. The summed E-state index contributed by atoms with van der Waals surface area (Å²) in [5.74, 6) is -0.370. The quantitative estimate of drug-likeness (QED) is 0.552. The van der Waals surface area contributed by atoms with Crippen molar-refractivity contribution >= 4 is 56.4 Å². The average molecular weight is 464 g/mol. The Balaban J connectivity index is 2.79. The van der Waals surface area contributed by atoms with E-state index in [-0.39, 0.29) is 21.5 Å². The van der Waals surface area contributed by atoms with Crippen LogP contribution in [0, 0.1) is 0 Å². The van der Waals surface area contributed by atoms with Gasteiger partial charge in [-0.25, -0.2) is 12.7 Å². The van der Waals surface area contributed by atoms with Crippen LogP contribution in [-0.2, 0) is 14.8 Å². The number of rotatable bonds is 7. The summed E-state index contributed by atoms with van der Waals surface area (Å²) in [6.07, 6.45) is 0.962. The molecule has 5 nitrogen and oxygen atoms in total. The molecule has 0 fully saturated rings. The number of benzene rings is 2. The number of sulfonamides is 1. The zero-order chi connectivity index (χ0) is 21.1. The Labute approximate surface area is 180 Å². The van der Waals surface area contributed by atoms with E-state index in [0.717, 1.165) is 4.31 Å². The highest BCUT2D eigenvalue weighted by Gasteiger charge is 2.42. The van der Waals surface area contributed by atoms with Crippen LogP contribution < -0.4 is 9.62 Å². The molecule has 0 bridgehead atoms. The topological polar surface area (TPSA) is 66.5 Å². The molecule has 0 unspecified atom stereocenters. The van der Waals surface area contributed by atoms with Crippen molar-refractivity contribution in [2.45, 2.75) is 44.2 Å². The molecule has 0 saturated heterocycles. The van der Waals surface area contributed by atoms with Gasteiger partial charge in [-0.1, -0.05) is 48.1 Å². The van der Waals surface area contributed by atoms with Crippen LogP contribution in [0.3, 0.4) is 0 Å². The molecule has 2 aromatic carbocycles. The molecule has 1 N–H and O–H groups in total. The summed E-state index contributed by atoms with van der Waals surface area (Å²) in [6.45, 7) is 4.87. The molecule has 0 heterocycles. The summed E-state index contributed by atoms with van der Waals surface area (Å²) in [5, 5.41) is 3.68. The molecule has 0 spiro atoms. The maximum absolute atomic E-state index is 13.6. The minimum atomic E-state index is -4.12. The lowest BCUT2D eigenvalue weighted by Gasteiger charge is -2.42. The molecule has 1 atom stereocenters. The highest BCUT2D eigenvalue weighted by atomic mass is 35.5. The Morgan fingerprint density at radius 1 is 1.07 bits per heavy atom. The number of halogens is 3. The Hall–Kier alpha value is -1.47. The van der Waals surface area contributed by atoms with Gasteiger partial charge in [0, 0.05) is 17.0 Å². The van der Waals surface area contributed by atoms with Gasteiger partial charge in [-0.2, -0.15) is 0 Å². The van der Waals surface area contributed by atoms with E-state index in [9.17, 15) is 13.2 Å². The third kappa shape index (κ3) is 4.92. The van der Waals surface area contributed by atoms with Crippen LogP contribution in [0.1, 0.15) is 33.6 Å². The van der Waals surface area contributed by atoms with Crippen molar-refractivity contribution < 1.29 is 13.2 Å². The molecule has 0 aliphatic rings. The Morgan fingerprint density at radius 2 is 1.64 bits per heavy atom. The molecule has 0 saturated carbocycles. The van der Waals surface area contributed by atoms with E-state index in [1.165, 1.54) is 43.3 Å². The number of anilines is 1. The van der Waals surface area contributed by atoms with Gasteiger partial charge in [-0.15, -0.1) is 0 Å². The van der Waals surface area contributed by atoms with Crippen molar-refractivity contribution in [1.82, 2.24) is 5.32 Å². The van der Waals surface area contributed by atoms with E-state index in [1.54, 1.807) is 13.0 Å². The second kappa shape index (κ2) is 8.91. The standard InChI is InChI=1S/C19H21Cl3N2O3S/c1-4-11-19(3,23-13(2)25)24(18-12-15(21)7-10-17(18)22)28(26,27)16-8-5-14(20)6-9-16/h5-10,12H,4,11H2,1-3H3,(H,23,25)/t19-/m1/s1. The first-order valence-corrected chi connectivity index (χ1v) is 11.1. The molecule has 0 aliphatic carbocycles. The van der Waals surface area contributed by atoms with Crippen LogP contribution >= 0.6 is 34.8 Å². The second-order valence-electron chi connectivity index (χ2n) is 6.52. The van der Waals surface area contributed by atoms with Gasteiger partial charge in [-0.3, -0.25) is 4.79 Å². The summed E-state index contributed by atoms with van der Waals surface area (Å²) in [5.41, 5.74) is -1.10. The SMILES string of the molecule is CCC[C@](C)(NC(C)=O)N(c1cc(Cl)ccc1Cl)S(=O)(=O)c1ccc(Cl)cc1. The third-order valence-electron chi connectivity index (χ3n) is 4.11. The van der Waals surface area contributed by atoms with E-state index in [4.69, 9.17) is 34.8 Å².